The van der Waals surface area contributed by atoms with Gasteiger partial charge in [0.1, 0.15) is 0 Å². The Balaban J connectivity index is 2.73. The number of rotatable bonds is 1. The van der Waals surface area contributed by atoms with Gasteiger partial charge in [0, 0.05) is 5.88 Å². The molecule has 60 valence electrons. The zero-order chi connectivity index (χ0) is 8.10. The minimum atomic E-state index is 0.616. The molecule has 11 heavy (non-hydrogen) atoms. The van der Waals surface area contributed by atoms with Crippen molar-refractivity contribution in [1.29, 1.82) is 0 Å². The molecule has 1 unspecified atom stereocenters. The van der Waals surface area contributed by atoms with Gasteiger partial charge in [0.15, 0.2) is 0 Å². The van der Waals surface area contributed by atoms with Crippen molar-refractivity contribution >= 4 is 11.6 Å². The number of alkyl halides is 1. The van der Waals surface area contributed by atoms with Crippen LogP contribution in [0, 0.1) is 5.92 Å². The molecule has 1 aliphatic rings. The summed E-state index contributed by atoms with van der Waals surface area (Å²) in [4.78, 5) is 0. The van der Waals surface area contributed by atoms with Gasteiger partial charge in [-0.25, -0.2) is 0 Å². The van der Waals surface area contributed by atoms with Crippen LogP contribution in [0.4, 0.5) is 0 Å². The molecule has 0 N–H and O–H groups in total. The molecule has 0 aromatic rings. The van der Waals surface area contributed by atoms with Crippen molar-refractivity contribution < 1.29 is 0 Å². The molecule has 0 bridgehead atoms. The van der Waals surface area contributed by atoms with E-state index in [0.29, 0.717) is 11.8 Å². The van der Waals surface area contributed by atoms with Gasteiger partial charge in [-0.1, -0.05) is 37.3 Å². The van der Waals surface area contributed by atoms with E-state index in [9.17, 15) is 0 Å². The van der Waals surface area contributed by atoms with Gasteiger partial charge in [0.25, 0.3) is 0 Å². The van der Waals surface area contributed by atoms with Crippen LogP contribution in [-0.2, 0) is 0 Å². The number of allylic oxidation sites excluding steroid dienone is 6. The first-order chi connectivity index (χ1) is 5.33. The molecule has 0 radical (unpaired) electrons. The van der Waals surface area contributed by atoms with Crippen LogP contribution in [0.15, 0.2) is 36.0 Å². The molecule has 0 saturated carbocycles. The van der Waals surface area contributed by atoms with Crippen molar-refractivity contribution in [2.75, 3.05) is 5.88 Å². The summed E-state index contributed by atoms with van der Waals surface area (Å²) < 4.78 is 0. The summed E-state index contributed by atoms with van der Waals surface area (Å²) >= 11 is 5.73. The van der Waals surface area contributed by atoms with E-state index in [0.717, 1.165) is 6.42 Å². The van der Waals surface area contributed by atoms with E-state index in [1.165, 1.54) is 5.57 Å². The highest BCUT2D eigenvalue weighted by atomic mass is 35.5. The van der Waals surface area contributed by atoms with Gasteiger partial charge in [-0.15, -0.1) is 11.6 Å². The van der Waals surface area contributed by atoms with Crippen molar-refractivity contribution in [2.24, 2.45) is 5.92 Å². The molecule has 0 heterocycles. The quantitative estimate of drug-likeness (QED) is 0.527. The average molecular weight is 169 g/mol. The van der Waals surface area contributed by atoms with Gasteiger partial charge >= 0.3 is 0 Å². The molecule has 1 heteroatoms. The molecule has 0 amide bonds. The van der Waals surface area contributed by atoms with Crippen LogP contribution in [0.3, 0.4) is 0 Å². The topological polar surface area (TPSA) is 0 Å². The third-order valence-electron chi connectivity index (χ3n) is 1.72. The normalized spacial score (nSPS) is 34.7. The summed E-state index contributed by atoms with van der Waals surface area (Å²) in [6.45, 7) is 2.20. The molecule has 0 aliphatic heterocycles. The fourth-order valence-electron chi connectivity index (χ4n) is 1.13. The maximum Gasteiger partial charge on any atom is 0.0471 e. The van der Waals surface area contributed by atoms with Crippen molar-refractivity contribution in [2.45, 2.75) is 13.3 Å². The molecule has 1 aliphatic carbocycles. The molecular formula is C10H13Cl. The fraction of sp³-hybridized carbons (Fsp3) is 0.400. The van der Waals surface area contributed by atoms with Crippen molar-refractivity contribution in [1.82, 2.24) is 0 Å². The first-order valence-electron chi connectivity index (χ1n) is 3.93. The summed E-state index contributed by atoms with van der Waals surface area (Å²) in [6, 6.07) is 0. The third-order valence-corrected chi connectivity index (χ3v) is 2.03. The second-order valence-electron chi connectivity index (χ2n) is 2.88. The van der Waals surface area contributed by atoms with Crippen molar-refractivity contribution in [3.63, 3.8) is 0 Å². The Morgan fingerprint density at radius 3 is 3.09 bits per heavy atom. The van der Waals surface area contributed by atoms with Gasteiger partial charge in [-0.05, 0) is 17.9 Å². The molecule has 0 saturated heterocycles. The standard InChI is InChI=1S/C10H13Cl/c1-9-5-3-2-4-6-10(7-9)8-11/h2-4,6-7,9H,5,8H2,1H3/b3-2-,6-4-,10-7-. The number of hydrogen-bond donors (Lipinski definition) is 0. The maximum atomic E-state index is 5.73. The van der Waals surface area contributed by atoms with E-state index in [2.05, 4.69) is 31.2 Å². The lowest BCUT2D eigenvalue weighted by molar-refractivity contribution is 0.739. The predicted molar refractivity (Wildman–Crippen MR) is 50.9 cm³/mol. The second kappa shape index (κ2) is 4.40. The van der Waals surface area contributed by atoms with Gasteiger partial charge in [-0.2, -0.15) is 0 Å². The monoisotopic (exact) mass is 168 g/mol. The first kappa shape index (κ1) is 8.61. The summed E-state index contributed by atoms with van der Waals surface area (Å²) in [7, 11) is 0. The molecule has 0 aromatic heterocycles. The Kier molecular flexibility index (Phi) is 3.44. The Morgan fingerprint density at radius 2 is 2.36 bits per heavy atom. The Hall–Kier alpha value is -0.490. The van der Waals surface area contributed by atoms with E-state index in [1.807, 2.05) is 6.08 Å². The summed E-state index contributed by atoms with van der Waals surface area (Å²) in [6.07, 6.45) is 11.7. The van der Waals surface area contributed by atoms with E-state index in [1.54, 1.807) is 0 Å². The maximum absolute atomic E-state index is 5.73. The summed E-state index contributed by atoms with van der Waals surface area (Å²) in [5, 5.41) is 0. The minimum Gasteiger partial charge on any atom is -0.122 e. The Bertz CT molecular complexity index is 199. The predicted octanol–water partition coefficient (Wildman–Crippen LogP) is 3.30. The lowest BCUT2D eigenvalue weighted by atomic mass is 10.0. The molecular weight excluding hydrogens is 156 g/mol. The van der Waals surface area contributed by atoms with E-state index in [-0.39, 0.29) is 0 Å². The minimum absolute atomic E-state index is 0.616. The lowest BCUT2D eigenvalue weighted by Gasteiger charge is -2.05. The van der Waals surface area contributed by atoms with Gasteiger partial charge in [0.05, 0.1) is 0 Å². The van der Waals surface area contributed by atoms with Crippen LogP contribution in [0.2, 0.25) is 0 Å². The average Bonchev–Trinajstić information content (AvgIpc) is 1.96. The van der Waals surface area contributed by atoms with Gasteiger partial charge < -0.3 is 0 Å². The van der Waals surface area contributed by atoms with Crippen LogP contribution >= 0.6 is 11.6 Å². The fourth-order valence-corrected chi connectivity index (χ4v) is 1.31. The molecule has 0 spiro atoms. The summed E-state index contributed by atoms with van der Waals surface area (Å²) in [5.41, 5.74) is 1.23. The second-order valence-corrected chi connectivity index (χ2v) is 3.14. The lowest BCUT2D eigenvalue weighted by Crippen LogP contribution is -1.92. The largest absolute Gasteiger partial charge is 0.122 e. The Labute approximate surface area is 73.3 Å². The zero-order valence-corrected chi connectivity index (χ0v) is 7.51. The zero-order valence-electron chi connectivity index (χ0n) is 6.76. The third kappa shape index (κ3) is 2.94. The van der Waals surface area contributed by atoms with Gasteiger partial charge in [0.2, 0.25) is 0 Å². The highest BCUT2D eigenvalue weighted by molar-refractivity contribution is 6.19. The van der Waals surface area contributed by atoms with Crippen LogP contribution in [0.5, 0.6) is 0 Å². The first-order valence-corrected chi connectivity index (χ1v) is 4.46. The van der Waals surface area contributed by atoms with Crippen LogP contribution in [-0.4, -0.2) is 5.88 Å². The van der Waals surface area contributed by atoms with Crippen LogP contribution in [0.1, 0.15) is 13.3 Å². The smallest absolute Gasteiger partial charge is 0.0471 e. The highest BCUT2D eigenvalue weighted by Gasteiger charge is 1.98. The molecule has 0 nitrogen and oxygen atoms in total. The van der Waals surface area contributed by atoms with E-state index in [4.69, 9.17) is 11.6 Å². The van der Waals surface area contributed by atoms with Crippen LogP contribution in [0.25, 0.3) is 0 Å². The molecule has 0 fully saturated rings. The molecule has 1 rings (SSSR count). The Morgan fingerprint density at radius 1 is 1.55 bits per heavy atom. The van der Waals surface area contributed by atoms with Gasteiger partial charge in [-0.3, -0.25) is 0 Å². The molecule has 0 aromatic carbocycles. The van der Waals surface area contributed by atoms with E-state index < -0.39 is 0 Å². The summed E-state index contributed by atoms with van der Waals surface area (Å²) in [5.74, 6) is 1.24. The van der Waals surface area contributed by atoms with Crippen molar-refractivity contribution in [3.05, 3.63) is 36.0 Å². The number of halogens is 1. The molecule has 1 atom stereocenters. The van der Waals surface area contributed by atoms with E-state index >= 15 is 0 Å². The van der Waals surface area contributed by atoms with Crippen LogP contribution < -0.4 is 0 Å². The van der Waals surface area contributed by atoms with Crippen molar-refractivity contribution in [3.8, 4) is 0 Å². The number of hydrogen-bond acceptors (Lipinski definition) is 0. The SMILES string of the molecule is CC1/C=C(CCl)/C=C\C=C/C1. The highest BCUT2D eigenvalue weighted by Crippen LogP contribution is 2.13.